The summed E-state index contributed by atoms with van der Waals surface area (Å²) in [6.45, 7) is 2.43. The number of hydrogen-bond acceptors (Lipinski definition) is 3. The molecule has 2 aromatic rings. The quantitative estimate of drug-likeness (QED) is 0.613. The SMILES string of the molecule is COc1ccccc1OC(C)CN=C(N)Nc1cccc2c1CCCC2. The molecule has 5 heteroatoms. The highest BCUT2D eigenvalue weighted by atomic mass is 16.5. The number of fused-ring (bicyclic) bond motifs is 1. The molecule has 26 heavy (non-hydrogen) atoms. The first kappa shape index (κ1) is 18.1. The van der Waals surface area contributed by atoms with Crippen molar-refractivity contribution in [1.29, 1.82) is 0 Å². The summed E-state index contributed by atoms with van der Waals surface area (Å²) in [5, 5.41) is 3.26. The van der Waals surface area contributed by atoms with Crippen molar-refractivity contribution in [1.82, 2.24) is 0 Å². The highest BCUT2D eigenvalue weighted by molar-refractivity contribution is 5.93. The Morgan fingerprint density at radius 1 is 1.12 bits per heavy atom. The van der Waals surface area contributed by atoms with E-state index < -0.39 is 0 Å². The second-order valence-electron chi connectivity index (χ2n) is 6.58. The highest BCUT2D eigenvalue weighted by Crippen LogP contribution is 2.28. The number of methoxy groups -OCH3 is 1. The highest BCUT2D eigenvalue weighted by Gasteiger charge is 2.13. The van der Waals surface area contributed by atoms with Crippen molar-refractivity contribution in [2.24, 2.45) is 10.7 Å². The van der Waals surface area contributed by atoms with Crippen molar-refractivity contribution < 1.29 is 9.47 Å². The Kier molecular flexibility index (Phi) is 6.00. The Balaban J connectivity index is 1.60. The van der Waals surface area contributed by atoms with Crippen molar-refractivity contribution in [3.8, 4) is 11.5 Å². The Morgan fingerprint density at radius 3 is 2.69 bits per heavy atom. The number of guanidine groups is 1. The van der Waals surface area contributed by atoms with Gasteiger partial charge in [0.1, 0.15) is 6.10 Å². The summed E-state index contributed by atoms with van der Waals surface area (Å²) >= 11 is 0. The molecule has 3 rings (SSSR count). The van der Waals surface area contributed by atoms with E-state index in [2.05, 4.69) is 28.5 Å². The van der Waals surface area contributed by atoms with Crippen LogP contribution in [0.5, 0.6) is 11.5 Å². The van der Waals surface area contributed by atoms with E-state index in [-0.39, 0.29) is 6.10 Å². The van der Waals surface area contributed by atoms with Gasteiger partial charge < -0.3 is 20.5 Å². The summed E-state index contributed by atoms with van der Waals surface area (Å²) in [6.07, 6.45) is 4.62. The molecular weight excluding hydrogens is 326 g/mol. The van der Waals surface area contributed by atoms with Crippen molar-refractivity contribution in [2.45, 2.75) is 38.7 Å². The third-order valence-electron chi connectivity index (χ3n) is 4.57. The van der Waals surface area contributed by atoms with E-state index in [0.29, 0.717) is 24.0 Å². The van der Waals surface area contributed by atoms with Gasteiger partial charge in [0.25, 0.3) is 0 Å². The molecule has 0 aliphatic heterocycles. The smallest absolute Gasteiger partial charge is 0.193 e. The predicted molar refractivity (Wildman–Crippen MR) is 106 cm³/mol. The number of rotatable bonds is 6. The molecule has 1 atom stereocenters. The van der Waals surface area contributed by atoms with Crippen LogP contribution in [-0.4, -0.2) is 25.7 Å². The van der Waals surface area contributed by atoms with Gasteiger partial charge in [-0.2, -0.15) is 0 Å². The van der Waals surface area contributed by atoms with Crippen LogP contribution in [-0.2, 0) is 12.8 Å². The molecule has 1 aliphatic rings. The van der Waals surface area contributed by atoms with Crippen LogP contribution < -0.4 is 20.5 Å². The molecule has 2 aromatic carbocycles. The lowest BCUT2D eigenvalue weighted by molar-refractivity contribution is 0.219. The van der Waals surface area contributed by atoms with Gasteiger partial charge in [0.2, 0.25) is 0 Å². The van der Waals surface area contributed by atoms with Gasteiger partial charge in [-0.05, 0) is 61.9 Å². The number of para-hydroxylation sites is 2. The first-order valence-electron chi connectivity index (χ1n) is 9.14. The van der Waals surface area contributed by atoms with Crippen LogP contribution in [0.1, 0.15) is 30.9 Å². The van der Waals surface area contributed by atoms with Gasteiger partial charge in [0.15, 0.2) is 17.5 Å². The average molecular weight is 353 g/mol. The Morgan fingerprint density at radius 2 is 1.88 bits per heavy atom. The molecule has 138 valence electrons. The topological polar surface area (TPSA) is 68.9 Å². The zero-order valence-electron chi connectivity index (χ0n) is 15.5. The molecule has 0 fully saturated rings. The average Bonchev–Trinajstić information content (AvgIpc) is 2.67. The van der Waals surface area contributed by atoms with Gasteiger partial charge in [-0.3, -0.25) is 0 Å². The number of aliphatic imine (C=N–C) groups is 1. The Labute approximate surface area is 155 Å². The van der Waals surface area contributed by atoms with Crippen LogP contribution in [0.3, 0.4) is 0 Å². The molecule has 1 unspecified atom stereocenters. The number of nitrogens with one attached hydrogen (secondary N) is 1. The second-order valence-corrected chi connectivity index (χ2v) is 6.58. The summed E-state index contributed by atoms with van der Waals surface area (Å²) in [5.74, 6) is 1.84. The Bertz CT molecular complexity index is 774. The van der Waals surface area contributed by atoms with Crippen LogP contribution in [0.25, 0.3) is 0 Å². The van der Waals surface area contributed by atoms with Gasteiger partial charge in [0.05, 0.1) is 13.7 Å². The summed E-state index contributed by atoms with van der Waals surface area (Å²) in [5.41, 5.74) is 9.96. The van der Waals surface area contributed by atoms with Crippen LogP contribution in [0.2, 0.25) is 0 Å². The van der Waals surface area contributed by atoms with Crippen LogP contribution in [0.15, 0.2) is 47.5 Å². The molecule has 3 N–H and O–H groups in total. The molecule has 0 aromatic heterocycles. The maximum Gasteiger partial charge on any atom is 0.193 e. The fraction of sp³-hybridized carbons (Fsp3) is 0.381. The summed E-state index contributed by atoms with van der Waals surface area (Å²) in [6, 6.07) is 13.9. The second kappa shape index (κ2) is 8.61. The zero-order valence-corrected chi connectivity index (χ0v) is 15.5. The monoisotopic (exact) mass is 353 g/mol. The number of benzene rings is 2. The lowest BCUT2D eigenvalue weighted by Gasteiger charge is -2.20. The number of hydrogen-bond donors (Lipinski definition) is 2. The Hall–Kier alpha value is -2.69. The third kappa shape index (κ3) is 4.48. The van der Waals surface area contributed by atoms with Gasteiger partial charge in [-0.25, -0.2) is 4.99 Å². The van der Waals surface area contributed by atoms with E-state index in [4.69, 9.17) is 15.2 Å². The van der Waals surface area contributed by atoms with E-state index in [1.165, 1.54) is 24.0 Å². The molecular formula is C21H27N3O2. The fourth-order valence-electron chi connectivity index (χ4n) is 3.27. The van der Waals surface area contributed by atoms with E-state index in [0.717, 1.165) is 18.5 Å². The standard InChI is InChI=1S/C21H27N3O2/c1-15(26-20-13-6-5-12-19(20)25-2)14-23-21(22)24-18-11-7-9-16-8-3-4-10-17(16)18/h5-7,9,11-13,15H,3-4,8,10,14H2,1-2H3,(H3,22,23,24). The molecule has 0 heterocycles. The van der Waals surface area contributed by atoms with Crippen molar-refractivity contribution in [3.05, 3.63) is 53.6 Å². The fourth-order valence-corrected chi connectivity index (χ4v) is 3.27. The van der Waals surface area contributed by atoms with Crippen molar-refractivity contribution >= 4 is 11.6 Å². The van der Waals surface area contributed by atoms with Gasteiger partial charge in [-0.15, -0.1) is 0 Å². The number of nitrogens with two attached hydrogens (primary N) is 1. The molecule has 5 nitrogen and oxygen atoms in total. The summed E-state index contributed by atoms with van der Waals surface area (Å²) in [4.78, 5) is 4.44. The zero-order chi connectivity index (χ0) is 18.4. The largest absolute Gasteiger partial charge is 0.493 e. The van der Waals surface area contributed by atoms with Gasteiger partial charge >= 0.3 is 0 Å². The molecule has 0 spiro atoms. The summed E-state index contributed by atoms with van der Waals surface area (Å²) in [7, 11) is 1.63. The van der Waals surface area contributed by atoms with Crippen LogP contribution >= 0.6 is 0 Å². The minimum atomic E-state index is -0.115. The molecule has 1 aliphatic carbocycles. The minimum Gasteiger partial charge on any atom is -0.493 e. The predicted octanol–water partition coefficient (Wildman–Crippen LogP) is 3.77. The maximum atomic E-state index is 6.10. The normalized spacial score (nSPS) is 15.1. The molecule has 0 amide bonds. The van der Waals surface area contributed by atoms with Crippen molar-refractivity contribution in [3.63, 3.8) is 0 Å². The number of anilines is 1. The van der Waals surface area contributed by atoms with Crippen LogP contribution in [0.4, 0.5) is 5.69 Å². The third-order valence-corrected chi connectivity index (χ3v) is 4.57. The number of nitrogens with zero attached hydrogens (tertiary/aromatic N) is 1. The number of ether oxygens (including phenoxy) is 2. The lowest BCUT2D eigenvalue weighted by atomic mass is 9.90. The molecule has 0 saturated carbocycles. The van der Waals surface area contributed by atoms with E-state index >= 15 is 0 Å². The first-order valence-corrected chi connectivity index (χ1v) is 9.14. The molecule has 0 radical (unpaired) electrons. The van der Waals surface area contributed by atoms with E-state index in [1.807, 2.05) is 31.2 Å². The maximum absolute atomic E-state index is 6.10. The van der Waals surface area contributed by atoms with Gasteiger partial charge in [0, 0.05) is 5.69 Å². The molecule has 0 bridgehead atoms. The van der Waals surface area contributed by atoms with E-state index in [9.17, 15) is 0 Å². The summed E-state index contributed by atoms with van der Waals surface area (Å²) < 4.78 is 11.2. The van der Waals surface area contributed by atoms with E-state index in [1.54, 1.807) is 7.11 Å². The molecule has 0 saturated heterocycles. The number of aryl methyl sites for hydroxylation is 1. The lowest BCUT2D eigenvalue weighted by Crippen LogP contribution is -2.26. The van der Waals surface area contributed by atoms with Gasteiger partial charge in [-0.1, -0.05) is 24.3 Å². The van der Waals surface area contributed by atoms with Crippen LogP contribution in [0, 0.1) is 0 Å². The minimum absolute atomic E-state index is 0.115. The first-order chi connectivity index (χ1) is 12.7. The van der Waals surface area contributed by atoms with Crippen molar-refractivity contribution in [2.75, 3.05) is 19.0 Å².